The molecule has 1 aromatic carbocycles. The van der Waals surface area contributed by atoms with E-state index in [1.54, 1.807) is 0 Å². The molecule has 3 heteroatoms. The molecule has 0 aliphatic carbocycles. The van der Waals surface area contributed by atoms with E-state index < -0.39 is 0 Å². The molecule has 3 nitrogen and oxygen atoms in total. The number of anilines is 1. The molecule has 1 amide bonds. The van der Waals surface area contributed by atoms with E-state index >= 15 is 0 Å². The van der Waals surface area contributed by atoms with E-state index in [9.17, 15) is 4.79 Å². The third-order valence-electron chi connectivity index (χ3n) is 3.76. The van der Waals surface area contributed by atoms with E-state index in [2.05, 4.69) is 20.8 Å². The Morgan fingerprint density at radius 2 is 2.11 bits per heavy atom. The Labute approximate surface area is 109 Å². The summed E-state index contributed by atoms with van der Waals surface area (Å²) in [6, 6.07) is 7.77. The van der Waals surface area contributed by atoms with Gasteiger partial charge in [0.2, 0.25) is 5.91 Å². The first kappa shape index (κ1) is 12.9. The maximum Gasteiger partial charge on any atom is 0.223 e. The summed E-state index contributed by atoms with van der Waals surface area (Å²) in [5.41, 5.74) is 7.82. The molecule has 2 rings (SSSR count). The van der Waals surface area contributed by atoms with E-state index in [1.165, 1.54) is 0 Å². The maximum atomic E-state index is 12.0. The number of nitrogens with zero attached hydrogens (tertiary/aromatic N) is 1. The number of carbonyl (C=O) groups excluding carboxylic acids is 1. The van der Waals surface area contributed by atoms with Gasteiger partial charge in [-0.2, -0.15) is 0 Å². The quantitative estimate of drug-likeness (QED) is 0.815. The van der Waals surface area contributed by atoms with Crippen LogP contribution in [0.5, 0.6) is 0 Å². The molecule has 0 saturated carbocycles. The second kappa shape index (κ2) is 4.63. The Hall–Kier alpha value is -1.51. The third kappa shape index (κ3) is 2.84. The molecule has 1 saturated heterocycles. The summed E-state index contributed by atoms with van der Waals surface area (Å²) in [6.45, 7) is 8.15. The Morgan fingerprint density at radius 3 is 2.67 bits per heavy atom. The van der Waals surface area contributed by atoms with Gasteiger partial charge in [-0.1, -0.05) is 32.9 Å². The molecular formula is C15H22N2O. The van der Waals surface area contributed by atoms with Gasteiger partial charge in [0, 0.05) is 25.2 Å². The predicted molar refractivity (Wildman–Crippen MR) is 73.8 cm³/mol. The molecule has 1 aromatic rings. The average Bonchev–Trinajstić information content (AvgIpc) is 2.60. The highest BCUT2D eigenvalue weighted by molar-refractivity contribution is 5.78. The Balaban J connectivity index is 2.05. The van der Waals surface area contributed by atoms with Crippen LogP contribution in [0.15, 0.2) is 24.3 Å². The summed E-state index contributed by atoms with van der Waals surface area (Å²) >= 11 is 0. The Bertz CT molecular complexity index is 448. The van der Waals surface area contributed by atoms with Gasteiger partial charge in [-0.25, -0.2) is 0 Å². The van der Waals surface area contributed by atoms with E-state index in [-0.39, 0.29) is 11.3 Å². The van der Waals surface area contributed by atoms with Gasteiger partial charge in [0.05, 0.1) is 0 Å². The summed E-state index contributed by atoms with van der Waals surface area (Å²) in [5, 5.41) is 0. The van der Waals surface area contributed by atoms with Crippen LogP contribution in [0.1, 0.15) is 32.8 Å². The molecule has 1 unspecified atom stereocenters. The summed E-state index contributed by atoms with van der Waals surface area (Å²) < 4.78 is 0. The number of likely N-dealkylation sites (tertiary alicyclic amines) is 1. The van der Waals surface area contributed by atoms with Crippen LogP contribution in [0.3, 0.4) is 0 Å². The molecule has 1 aliphatic heterocycles. The highest BCUT2D eigenvalue weighted by atomic mass is 16.2. The number of nitrogen functional groups attached to an aromatic ring is 1. The SMILES string of the molecule is CC(C)(C)C1CC(=O)N(Cc2cccc(N)c2)C1. The second-order valence-corrected chi connectivity index (χ2v) is 6.29. The lowest BCUT2D eigenvalue weighted by Gasteiger charge is -2.26. The minimum Gasteiger partial charge on any atom is -0.399 e. The fourth-order valence-electron chi connectivity index (χ4n) is 2.42. The highest BCUT2D eigenvalue weighted by Gasteiger charge is 2.36. The second-order valence-electron chi connectivity index (χ2n) is 6.29. The molecule has 0 aromatic heterocycles. The topological polar surface area (TPSA) is 46.3 Å². The van der Waals surface area contributed by atoms with Crippen LogP contribution in [0.25, 0.3) is 0 Å². The maximum absolute atomic E-state index is 12.0. The summed E-state index contributed by atoms with van der Waals surface area (Å²) in [7, 11) is 0. The number of amides is 1. The number of hydrogen-bond donors (Lipinski definition) is 1. The molecule has 1 heterocycles. The van der Waals surface area contributed by atoms with Crippen LogP contribution in [-0.2, 0) is 11.3 Å². The van der Waals surface area contributed by atoms with Gasteiger partial charge in [0.1, 0.15) is 0 Å². The van der Waals surface area contributed by atoms with Crippen molar-refractivity contribution in [2.75, 3.05) is 12.3 Å². The molecule has 1 fully saturated rings. The lowest BCUT2D eigenvalue weighted by Crippen LogP contribution is -2.27. The van der Waals surface area contributed by atoms with Crippen LogP contribution in [-0.4, -0.2) is 17.4 Å². The zero-order valence-electron chi connectivity index (χ0n) is 11.4. The van der Waals surface area contributed by atoms with Gasteiger partial charge in [-0.3, -0.25) is 4.79 Å². The van der Waals surface area contributed by atoms with Crippen molar-refractivity contribution in [1.29, 1.82) is 0 Å². The first-order valence-electron chi connectivity index (χ1n) is 6.48. The monoisotopic (exact) mass is 246 g/mol. The standard InChI is InChI=1S/C15H22N2O/c1-15(2,3)12-8-14(18)17(10-12)9-11-5-4-6-13(16)7-11/h4-7,12H,8-10,16H2,1-3H3. The van der Waals surface area contributed by atoms with Crippen LogP contribution in [0.2, 0.25) is 0 Å². The van der Waals surface area contributed by atoms with Crippen LogP contribution < -0.4 is 5.73 Å². The van der Waals surface area contributed by atoms with Gasteiger partial charge < -0.3 is 10.6 Å². The van der Waals surface area contributed by atoms with E-state index in [4.69, 9.17) is 5.73 Å². The average molecular weight is 246 g/mol. The first-order valence-corrected chi connectivity index (χ1v) is 6.48. The van der Waals surface area contributed by atoms with E-state index in [1.807, 2.05) is 29.2 Å². The molecule has 0 spiro atoms. The van der Waals surface area contributed by atoms with Crippen LogP contribution in [0, 0.1) is 11.3 Å². The molecule has 98 valence electrons. The Kier molecular flexibility index (Phi) is 3.33. The van der Waals surface area contributed by atoms with Gasteiger partial charge in [-0.05, 0) is 29.0 Å². The molecular weight excluding hydrogens is 224 g/mol. The zero-order chi connectivity index (χ0) is 13.3. The van der Waals surface area contributed by atoms with Crippen molar-refractivity contribution in [1.82, 2.24) is 4.90 Å². The van der Waals surface area contributed by atoms with Crippen LogP contribution in [0.4, 0.5) is 5.69 Å². The number of benzene rings is 1. The molecule has 1 atom stereocenters. The van der Waals surface area contributed by atoms with Gasteiger partial charge in [0.25, 0.3) is 0 Å². The fourth-order valence-corrected chi connectivity index (χ4v) is 2.42. The molecule has 18 heavy (non-hydrogen) atoms. The molecule has 0 bridgehead atoms. The summed E-state index contributed by atoms with van der Waals surface area (Å²) in [6.07, 6.45) is 0.672. The van der Waals surface area contributed by atoms with E-state index in [0.29, 0.717) is 18.9 Å². The molecule has 2 N–H and O–H groups in total. The number of rotatable bonds is 2. The lowest BCUT2D eigenvalue weighted by atomic mass is 9.80. The van der Waals surface area contributed by atoms with Gasteiger partial charge >= 0.3 is 0 Å². The van der Waals surface area contributed by atoms with Gasteiger partial charge in [0.15, 0.2) is 0 Å². The summed E-state index contributed by atoms with van der Waals surface area (Å²) in [4.78, 5) is 14.0. The predicted octanol–water partition coefficient (Wildman–Crippen LogP) is 2.66. The number of carbonyl (C=O) groups is 1. The van der Waals surface area contributed by atoms with Gasteiger partial charge in [-0.15, -0.1) is 0 Å². The van der Waals surface area contributed by atoms with Crippen molar-refractivity contribution in [2.45, 2.75) is 33.7 Å². The van der Waals surface area contributed by atoms with Crippen molar-refractivity contribution in [3.05, 3.63) is 29.8 Å². The Morgan fingerprint density at radius 1 is 1.39 bits per heavy atom. The molecule has 0 radical (unpaired) electrons. The van der Waals surface area contributed by atoms with Crippen molar-refractivity contribution in [3.8, 4) is 0 Å². The minimum atomic E-state index is 0.195. The lowest BCUT2D eigenvalue weighted by molar-refractivity contribution is -0.128. The number of nitrogens with two attached hydrogens (primary N) is 1. The largest absolute Gasteiger partial charge is 0.399 e. The highest BCUT2D eigenvalue weighted by Crippen LogP contribution is 2.34. The van der Waals surface area contributed by atoms with Crippen molar-refractivity contribution < 1.29 is 4.79 Å². The normalized spacial score (nSPS) is 20.5. The third-order valence-corrected chi connectivity index (χ3v) is 3.76. The smallest absolute Gasteiger partial charge is 0.223 e. The number of hydrogen-bond acceptors (Lipinski definition) is 2. The van der Waals surface area contributed by atoms with Crippen LogP contribution >= 0.6 is 0 Å². The van der Waals surface area contributed by atoms with Crippen molar-refractivity contribution >= 4 is 11.6 Å². The fraction of sp³-hybridized carbons (Fsp3) is 0.533. The van der Waals surface area contributed by atoms with Crippen molar-refractivity contribution in [2.24, 2.45) is 11.3 Å². The van der Waals surface area contributed by atoms with Crippen molar-refractivity contribution in [3.63, 3.8) is 0 Å². The summed E-state index contributed by atoms with van der Waals surface area (Å²) in [5.74, 6) is 0.711. The zero-order valence-corrected chi connectivity index (χ0v) is 11.4. The molecule has 1 aliphatic rings. The first-order chi connectivity index (χ1) is 8.36. The van der Waals surface area contributed by atoms with E-state index in [0.717, 1.165) is 17.8 Å². The minimum absolute atomic E-state index is 0.195.